The molecule has 19 heavy (non-hydrogen) atoms. The fourth-order valence-electron chi connectivity index (χ4n) is 1.96. The molecular weight excluding hydrogens is 268 g/mol. The molecular formula is C11H18N4O3S. The van der Waals surface area contributed by atoms with Crippen LogP contribution in [-0.2, 0) is 10.2 Å². The Morgan fingerprint density at radius 3 is 2.89 bits per heavy atom. The lowest BCUT2D eigenvalue weighted by atomic mass is 10.1. The molecule has 0 amide bonds. The molecule has 1 aliphatic rings. The Morgan fingerprint density at radius 2 is 2.26 bits per heavy atom. The van der Waals surface area contributed by atoms with E-state index in [9.17, 15) is 8.42 Å². The number of aromatic nitrogens is 2. The van der Waals surface area contributed by atoms with E-state index in [2.05, 4.69) is 9.97 Å². The van der Waals surface area contributed by atoms with E-state index < -0.39 is 10.2 Å². The van der Waals surface area contributed by atoms with Crippen molar-refractivity contribution in [3.63, 3.8) is 0 Å². The Labute approximate surface area is 113 Å². The molecule has 0 saturated carbocycles. The highest BCUT2D eigenvalue weighted by atomic mass is 32.2. The summed E-state index contributed by atoms with van der Waals surface area (Å²) in [6.07, 6.45) is 4.44. The van der Waals surface area contributed by atoms with E-state index in [4.69, 9.17) is 4.74 Å². The molecule has 7 nitrogen and oxygen atoms in total. The molecule has 0 aromatic carbocycles. The van der Waals surface area contributed by atoms with Crippen LogP contribution >= 0.6 is 0 Å². The summed E-state index contributed by atoms with van der Waals surface area (Å²) < 4.78 is 32.5. The molecule has 0 aliphatic carbocycles. The summed E-state index contributed by atoms with van der Waals surface area (Å²) in [4.78, 5) is 7.80. The molecule has 1 aromatic rings. The first-order chi connectivity index (χ1) is 9.00. The van der Waals surface area contributed by atoms with Crippen molar-refractivity contribution in [2.45, 2.75) is 18.9 Å². The van der Waals surface area contributed by atoms with Gasteiger partial charge in [-0.1, -0.05) is 0 Å². The van der Waals surface area contributed by atoms with Crippen LogP contribution in [0.2, 0.25) is 0 Å². The Balaban J connectivity index is 2.02. The fraction of sp³-hybridized carbons (Fsp3) is 0.636. The molecule has 1 fully saturated rings. The molecule has 1 aromatic heterocycles. The van der Waals surface area contributed by atoms with Crippen LogP contribution in [0.4, 0.5) is 0 Å². The summed E-state index contributed by atoms with van der Waals surface area (Å²) in [6, 6.07) is 1.67. The zero-order chi connectivity index (χ0) is 13.9. The molecule has 1 aliphatic heterocycles. The van der Waals surface area contributed by atoms with Crippen LogP contribution in [0.25, 0.3) is 0 Å². The first-order valence-electron chi connectivity index (χ1n) is 6.10. The molecule has 0 unspecified atom stereocenters. The van der Waals surface area contributed by atoms with Crippen molar-refractivity contribution in [2.75, 3.05) is 27.2 Å². The zero-order valence-corrected chi connectivity index (χ0v) is 11.9. The maximum Gasteiger partial charge on any atom is 0.281 e. The normalized spacial score (nSPS) is 21.5. The van der Waals surface area contributed by atoms with E-state index >= 15 is 0 Å². The summed E-state index contributed by atoms with van der Waals surface area (Å²) in [6.45, 7) is 0.884. The number of rotatable bonds is 4. The first-order valence-corrected chi connectivity index (χ1v) is 7.50. The number of piperidine rings is 1. The van der Waals surface area contributed by atoms with E-state index in [1.807, 2.05) is 0 Å². The van der Waals surface area contributed by atoms with Gasteiger partial charge < -0.3 is 4.74 Å². The van der Waals surface area contributed by atoms with Gasteiger partial charge in [-0.15, -0.1) is 0 Å². The minimum atomic E-state index is -3.37. The number of hydrogen-bond acceptors (Lipinski definition) is 5. The van der Waals surface area contributed by atoms with Crippen LogP contribution in [0.1, 0.15) is 12.8 Å². The molecule has 2 rings (SSSR count). The van der Waals surface area contributed by atoms with Crippen molar-refractivity contribution in [2.24, 2.45) is 0 Å². The number of hydrogen-bond donors (Lipinski definition) is 0. The smallest absolute Gasteiger partial charge is 0.281 e. The highest BCUT2D eigenvalue weighted by molar-refractivity contribution is 7.86. The molecule has 0 spiro atoms. The lowest BCUT2D eigenvalue weighted by Crippen LogP contribution is -2.48. The Morgan fingerprint density at radius 1 is 1.47 bits per heavy atom. The first kappa shape index (κ1) is 14.2. The Bertz CT molecular complexity index is 506. The molecule has 2 heterocycles. The minimum absolute atomic E-state index is 0.168. The van der Waals surface area contributed by atoms with Gasteiger partial charge in [0.05, 0.1) is 6.54 Å². The predicted molar refractivity (Wildman–Crippen MR) is 69.9 cm³/mol. The third kappa shape index (κ3) is 3.40. The van der Waals surface area contributed by atoms with Gasteiger partial charge in [0.25, 0.3) is 10.2 Å². The molecule has 8 heteroatoms. The summed E-state index contributed by atoms with van der Waals surface area (Å²) in [5.74, 6) is 0.476. The Hall–Kier alpha value is -1.25. The van der Waals surface area contributed by atoms with Crippen molar-refractivity contribution in [1.82, 2.24) is 18.6 Å². The summed E-state index contributed by atoms with van der Waals surface area (Å²) in [5, 5.41) is 0. The van der Waals surface area contributed by atoms with Crippen molar-refractivity contribution in [3.8, 4) is 5.88 Å². The second kappa shape index (κ2) is 5.81. The van der Waals surface area contributed by atoms with Gasteiger partial charge in [-0.25, -0.2) is 9.97 Å². The van der Waals surface area contributed by atoms with Gasteiger partial charge in [0.2, 0.25) is 5.88 Å². The number of nitrogens with zero attached hydrogens (tertiary/aromatic N) is 4. The predicted octanol–water partition coefficient (Wildman–Crippen LogP) is 0.126. The van der Waals surface area contributed by atoms with Crippen molar-refractivity contribution in [3.05, 3.63) is 18.6 Å². The topological polar surface area (TPSA) is 75.6 Å². The second-order valence-electron chi connectivity index (χ2n) is 4.58. The maximum atomic E-state index is 12.1. The zero-order valence-electron chi connectivity index (χ0n) is 11.1. The molecule has 1 saturated heterocycles. The SMILES string of the molecule is CN(C)S(=O)(=O)N1CCC[C@@H](Oc2ccncn2)C1. The molecule has 1 atom stereocenters. The third-order valence-electron chi connectivity index (χ3n) is 2.97. The summed E-state index contributed by atoms with van der Waals surface area (Å²) in [7, 11) is -0.307. The fourth-order valence-corrected chi connectivity index (χ4v) is 3.14. The van der Waals surface area contributed by atoms with E-state index in [1.54, 1.807) is 12.3 Å². The van der Waals surface area contributed by atoms with Crippen molar-refractivity contribution in [1.29, 1.82) is 0 Å². The van der Waals surface area contributed by atoms with Crippen molar-refractivity contribution < 1.29 is 13.2 Å². The molecule has 0 radical (unpaired) electrons. The standard InChI is InChI=1S/C11H18N4O3S/c1-14(2)19(16,17)15-7-3-4-10(8-15)18-11-5-6-12-9-13-11/h5-6,9-10H,3-4,7-8H2,1-2H3/t10-/m1/s1. The average molecular weight is 286 g/mol. The average Bonchev–Trinajstić information content (AvgIpc) is 2.40. The van der Waals surface area contributed by atoms with E-state index in [1.165, 1.54) is 29.0 Å². The molecule has 0 bridgehead atoms. The highest BCUT2D eigenvalue weighted by Gasteiger charge is 2.31. The van der Waals surface area contributed by atoms with Gasteiger partial charge in [0.15, 0.2) is 0 Å². The van der Waals surface area contributed by atoms with Crippen LogP contribution in [0, 0.1) is 0 Å². The van der Waals surface area contributed by atoms with Crippen LogP contribution in [0.5, 0.6) is 5.88 Å². The highest BCUT2D eigenvalue weighted by Crippen LogP contribution is 2.19. The molecule has 106 valence electrons. The van der Waals surface area contributed by atoms with Crippen LogP contribution in [-0.4, -0.2) is 60.3 Å². The van der Waals surface area contributed by atoms with E-state index in [0.29, 0.717) is 19.0 Å². The van der Waals surface area contributed by atoms with Crippen LogP contribution in [0.15, 0.2) is 18.6 Å². The van der Waals surface area contributed by atoms with Gasteiger partial charge in [-0.2, -0.15) is 17.0 Å². The second-order valence-corrected chi connectivity index (χ2v) is 6.72. The lowest BCUT2D eigenvalue weighted by Gasteiger charge is -2.33. The largest absolute Gasteiger partial charge is 0.473 e. The van der Waals surface area contributed by atoms with Gasteiger partial charge >= 0.3 is 0 Å². The summed E-state index contributed by atoms with van der Waals surface area (Å²) >= 11 is 0. The summed E-state index contributed by atoms with van der Waals surface area (Å²) in [5.41, 5.74) is 0. The molecule has 0 N–H and O–H groups in total. The van der Waals surface area contributed by atoms with Gasteiger partial charge in [-0.05, 0) is 12.8 Å². The van der Waals surface area contributed by atoms with Gasteiger partial charge in [-0.3, -0.25) is 0 Å². The maximum absolute atomic E-state index is 12.1. The quantitative estimate of drug-likeness (QED) is 0.786. The van der Waals surface area contributed by atoms with E-state index in [-0.39, 0.29) is 6.10 Å². The van der Waals surface area contributed by atoms with E-state index in [0.717, 1.165) is 12.8 Å². The van der Waals surface area contributed by atoms with Crippen LogP contribution < -0.4 is 4.74 Å². The Kier molecular flexibility index (Phi) is 4.33. The lowest BCUT2D eigenvalue weighted by molar-refractivity contribution is 0.122. The van der Waals surface area contributed by atoms with Gasteiger partial charge in [0, 0.05) is 32.9 Å². The van der Waals surface area contributed by atoms with Crippen molar-refractivity contribution >= 4 is 10.2 Å². The van der Waals surface area contributed by atoms with Gasteiger partial charge in [0.1, 0.15) is 12.4 Å². The number of ether oxygens (including phenoxy) is 1. The third-order valence-corrected chi connectivity index (χ3v) is 4.88. The van der Waals surface area contributed by atoms with Crippen LogP contribution in [0.3, 0.4) is 0 Å². The monoisotopic (exact) mass is 286 g/mol. The minimum Gasteiger partial charge on any atom is -0.473 e.